The Kier molecular flexibility index (Phi) is 3.42. The number of hydrogen-bond donors (Lipinski definition) is 0. The Bertz CT molecular complexity index is 464. The van der Waals surface area contributed by atoms with Crippen LogP contribution in [0, 0.1) is 11.8 Å². The first-order chi connectivity index (χ1) is 9.88. The fourth-order valence-corrected chi connectivity index (χ4v) is 4.68. The van der Waals surface area contributed by atoms with Crippen molar-refractivity contribution < 1.29 is 0 Å². The van der Waals surface area contributed by atoms with E-state index < -0.39 is 0 Å². The first-order valence-electron chi connectivity index (χ1n) is 8.63. The van der Waals surface area contributed by atoms with Crippen molar-refractivity contribution in [1.82, 2.24) is 0 Å². The van der Waals surface area contributed by atoms with Crippen molar-refractivity contribution in [3.63, 3.8) is 0 Å². The quantitative estimate of drug-likeness (QED) is 0.598. The normalized spacial score (nSPS) is 32.0. The minimum atomic E-state index is 0.978. The lowest BCUT2D eigenvalue weighted by Gasteiger charge is -2.28. The van der Waals surface area contributed by atoms with Gasteiger partial charge in [-0.3, -0.25) is 0 Å². The Morgan fingerprint density at radius 2 is 1.25 bits per heavy atom. The highest BCUT2D eigenvalue weighted by molar-refractivity contribution is 5.36. The van der Waals surface area contributed by atoms with E-state index in [1.807, 2.05) is 0 Å². The molecule has 4 rings (SSSR count). The first kappa shape index (κ1) is 12.7. The van der Waals surface area contributed by atoms with Gasteiger partial charge in [0.1, 0.15) is 0 Å². The molecule has 4 aliphatic rings. The molecule has 0 N–H and O–H groups in total. The van der Waals surface area contributed by atoms with E-state index in [9.17, 15) is 0 Å². The molecule has 0 radical (unpaired) electrons. The molecule has 0 aliphatic heterocycles. The van der Waals surface area contributed by atoms with Crippen molar-refractivity contribution in [2.45, 2.75) is 64.2 Å². The van der Waals surface area contributed by atoms with E-state index in [-0.39, 0.29) is 0 Å². The van der Waals surface area contributed by atoms with E-state index in [2.05, 4.69) is 24.3 Å². The second kappa shape index (κ2) is 5.39. The van der Waals surface area contributed by atoms with Crippen LogP contribution in [0.3, 0.4) is 0 Å². The summed E-state index contributed by atoms with van der Waals surface area (Å²) in [5.74, 6) is 1.96. The van der Waals surface area contributed by atoms with Crippen LogP contribution in [0.5, 0.6) is 0 Å². The van der Waals surface area contributed by atoms with Gasteiger partial charge in [0.25, 0.3) is 0 Å². The Morgan fingerprint density at radius 1 is 0.750 bits per heavy atom. The Hall–Kier alpha value is -1.04. The average molecular weight is 266 g/mol. The predicted octanol–water partition coefficient (Wildman–Crippen LogP) is 5.88. The van der Waals surface area contributed by atoms with Crippen LogP contribution in [-0.4, -0.2) is 0 Å². The van der Waals surface area contributed by atoms with Crippen LogP contribution in [0.25, 0.3) is 0 Å². The minimum absolute atomic E-state index is 0.978. The van der Waals surface area contributed by atoms with Crippen molar-refractivity contribution in [3.8, 4) is 0 Å². The van der Waals surface area contributed by atoms with Gasteiger partial charge in [0, 0.05) is 0 Å². The number of rotatable bonds is 3. The van der Waals surface area contributed by atoms with Gasteiger partial charge in [-0.05, 0) is 87.2 Å². The molecule has 2 unspecified atom stereocenters. The maximum atomic E-state index is 2.41. The fraction of sp³-hybridized carbons (Fsp3) is 0.600. The molecule has 0 amide bonds. The Morgan fingerprint density at radius 3 is 1.75 bits per heavy atom. The number of allylic oxidation sites excluding steroid dienone is 8. The maximum Gasteiger partial charge on any atom is -0.0130 e. The molecule has 0 nitrogen and oxygen atoms in total. The van der Waals surface area contributed by atoms with Crippen LogP contribution in [0.1, 0.15) is 64.2 Å². The molecule has 0 saturated heterocycles. The first-order valence-corrected chi connectivity index (χ1v) is 8.63. The average Bonchev–Trinajstić information content (AvgIpc) is 3.12. The number of hydrogen-bond acceptors (Lipinski definition) is 0. The van der Waals surface area contributed by atoms with Gasteiger partial charge in [0.15, 0.2) is 0 Å². The lowest BCUT2D eigenvalue weighted by molar-refractivity contribution is 0.343. The van der Waals surface area contributed by atoms with Crippen LogP contribution in [0.4, 0.5) is 0 Å². The van der Waals surface area contributed by atoms with E-state index in [0.717, 1.165) is 11.8 Å². The van der Waals surface area contributed by atoms with Gasteiger partial charge in [-0.2, -0.15) is 0 Å². The zero-order valence-electron chi connectivity index (χ0n) is 12.5. The Balaban J connectivity index is 1.29. The van der Waals surface area contributed by atoms with Crippen LogP contribution in [0.15, 0.2) is 46.6 Å². The van der Waals surface area contributed by atoms with E-state index >= 15 is 0 Å². The van der Waals surface area contributed by atoms with Crippen molar-refractivity contribution in [1.29, 1.82) is 0 Å². The zero-order chi connectivity index (χ0) is 13.4. The van der Waals surface area contributed by atoms with Crippen molar-refractivity contribution in [2.75, 3.05) is 0 Å². The van der Waals surface area contributed by atoms with Gasteiger partial charge >= 0.3 is 0 Å². The van der Waals surface area contributed by atoms with Crippen LogP contribution < -0.4 is 0 Å². The third-order valence-electron chi connectivity index (χ3n) is 5.98. The predicted molar refractivity (Wildman–Crippen MR) is 85.5 cm³/mol. The summed E-state index contributed by atoms with van der Waals surface area (Å²) in [6, 6.07) is 0. The second-order valence-electron chi connectivity index (χ2n) is 7.27. The highest BCUT2D eigenvalue weighted by Crippen LogP contribution is 2.41. The van der Waals surface area contributed by atoms with Gasteiger partial charge in [-0.1, -0.05) is 35.5 Å². The molecule has 0 aromatic carbocycles. The maximum absolute atomic E-state index is 2.41. The zero-order valence-corrected chi connectivity index (χ0v) is 12.5. The molecule has 0 aromatic rings. The lowest BCUT2D eigenvalue weighted by atomic mass is 9.77. The van der Waals surface area contributed by atoms with Crippen molar-refractivity contribution in [3.05, 3.63) is 46.6 Å². The monoisotopic (exact) mass is 266 g/mol. The van der Waals surface area contributed by atoms with Gasteiger partial charge in [0.05, 0.1) is 0 Å². The van der Waals surface area contributed by atoms with Gasteiger partial charge in [0.2, 0.25) is 0 Å². The molecular formula is C20H26. The summed E-state index contributed by atoms with van der Waals surface area (Å²) < 4.78 is 0. The van der Waals surface area contributed by atoms with Crippen LogP contribution >= 0.6 is 0 Å². The summed E-state index contributed by atoms with van der Waals surface area (Å²) in [5.41, 5.74) is 6.91. The molecule has 4 aliphatic carbocycles. The molecule has 0 heterocycles. The molecule has 0 fully saturated rings. The summed E-state index contributed by atoms with van der Waals surface area (Å²) in [6.45, 7) is 0. The van der Waals surface area contributed by atoms with E-state index in [4.69, 9.17) is 0 Å². The van der Waals surface area contributed by atoms with Gasteiger partial charge in [-0.25, -0.2) is 0 Å². The molecule has 0 aromatic heterocycles. The van der Waals surface area contributed by atoms with E-state index in [1.165, 1.54) is 64.2 Å². The Labute approximate surface area is 123 Å². The summed E-state index contributed by atoms with van der Waals surface area (Å²) in [7, 11) is 0. The van der Waals surface area contributed by atoms with Gasteiger partial charge < -0.3 is 0 Å². The molecule has 0 saturated carbocycles. The van der Waals surface area contributed by atoms with Crippen LogP contribution in [0.2, 0.25) is 0 Å². The van der Waals surface area contributed by atoms with Crippen LogP contribution in [-0.2, 0) is 0 Å². The van der Waals surface area contributed by atoms with Crippen molar-refractivity contribution in [2.24, 2.45) is 11.8 Å². The highest BCUT2D eigenvalue weighted by Gasteiger charge is 2.25. The largest absolute Gasteiger partial charge is 0.0802 e. The van der Waals surface area contributed by atoms with Crippen molar-refractivity contribution >= 4 is 0 Å². The fourth-order valence-electron chi connectivity index (χ4n) is 4.68. The topological polar surface area (TPSA) is 0 Å². The standard InChI is InChI=1S/C20H26/c1-3-17-11-9-15(13-19(17)5-1)7-8-16-10-12-18-4-2-6-20(18)14-16/h1-2,5-6,15-16H,3-4,7-14H2. The molecule has 0 bridgehead atoms. The molecule has 20 heavy (non-hydrogen) atoms. The SMILES string of the molecule is C1=CC2=C(C1)CCC(CCC1CCC3=C(C=CC3)C1)C2. The van der Waals surface area contributed by atoms with E-state index in [0.29, 0.717) is 0 Å². The second-order valence-corrected chi connectivity index (χ2v) is 7.27. The smallest absolute Gasteiger partial charge is 0.0130 e. The van der Waals surface area contributed by atoms with Gasteiger partial charge in [-0.15, -0.1) is 0 Å². The summed E-state index contributed by atoms with van der Waals surface area (Å²) in [6.07, 6.45) is 23.5. The summed E-state index contributed by atoms with van der Waals surface area (Å²) >= 11 is 0. The third-order valence-corrected chi connectivity index (χ3v) is 5.98. The molecule has 0 spiro atoms. The summed E-state index contributed by atoms with van der Waals surface area (Å²) in [5, 5.41) is 0. The lowest BCUT2D eigenvalue weighted by Crippen LogP contribution is -2.13. The van der Waals surface area contributed by atoms with E-state index in [1.54, 1.807) is 22.3 Å². The molecule has 2 atom stereocenters. The highest BCUT2D eigenvalue weighted by atomic mass is 14.3. The minimum Gasteiger partial charge on any atom is -0.0802 e. The molecule has 106 valence electrons. The third kappa shape index (κ3) is 2.45. The molecular weight excluding hydrogens is 240 g/mol. The summed E-state index contributed by atoms with van der Waals surface area (Å²) in [4.78, 5) is 0. The molecule has 0 heteroatoms.